The van der Waals surface area contributed by atoms with Crippen molar-refractivity contribution in [3.05, 3.63) is 55.1 Å². The second kappa shape index (κ2) is 5.96. The predicted molar refractivity (Wildman–Crippen MR) is 93.1 cm³/mol. The highest BCUT2D eigenvalue weighted by atomic mass is 32.1. The van der Waals surface area contributed by atoms with E-state index in [-0.39, 0.29) is 17.5 Å². The fourth-order valence-electron chi connectivity index (χ4n) is 2.86. The Hall–Kier alpha value is -1.88. The molecule has 0 aliphatic heterocycles. The third-order valence-corrected chi connectivity index (χ3v) is 5.62. The number of aryl methyl sites for hydroxylation is 3. The van der Waals surface area contributed by atoms with Gasteiger partial charge in [0, 0.05) is 23.7 Å². The average Bonchev–Trinajstić information content (AvgIpc) is 3.25. The number of pyridine rings is 1. The van der Waals surface area contributed by atoms with Crippen LogP contribution >= 0.6 is 11.3 Å². The van der Waals surface area contributed by atoms with Gasteiger partial charge in [0.1, 0.15) is 5.56 Å². The molecule has 0 saturated heterocycles. The molecule has 0 spiro atoms. The van der Waals surface area contributed by atoms with E-state index in [4.69, 9.17) is 0 Å². The SMILES string of the molecule is Cc1ccsc1CN(C(=O)c1c(C)cc(C)n(C)c1=O)C1CC1. The lowest BCUT2D eigenvalue weighted by Crippen LogP contribution is -2.38. The maximum Gasteiger partial charge on any atom is 0.263 e. The minimum absolute atomic E-state index is 0.126. The smallest absolute Gasteiger partial charge is 0.263 e. The third kappa shape index (κ3) is 2.98. The first-order chi connectivity index (χ1) is 10.9. The molecule has 1 aliphatic rings. The van der Waals surface area contributed by atoms with Crippen molar-refractivity contribution in [1.82, 2.24) is 9.47 Å². The van der Waals surface area contributed by atoms with Crippen LogP contribution in [0.3, 0.4) is 0 Å². The van der Waals surface area contributed by atoms with Gasteiger partial charge in [0.05, 0.1) is 6.54 Å². The summed E-state index contributed by atoms with van der Waals surface area (Å²) in [7, 11) is 1.72. The molecule has 0 atom stereocenters. The molecule has 23 heavy (non-hydrogen) atoms. The summed E-state index contributed by atoms with van der Waals surface area (Å²) < 4.78 is 1.56. The standard InChI is InChI=1S/C18H22N2O2S/c1-11-7-8-23-15(11)10-20(14-5-6-14)18(22)16-12(2)9-13(3)19(4)17(16)21/h7-9,14H,5-6,10H2,1-4H3. The summed E-state index contributed by atoms with van der Waals surface area (Å²) in [6.07, 6.45) is 2.06. The van der Waals surface area contributed by atoms with Gasteiger partial charge in [-0.25, -0.2) is 0 Å². The van der Waals surface area contributed by atoms with Crippen molar-refractivity contribution in [1.29, 1.82) is 0 Å². The summed E-state index contributed by atoms with van der Waals surface area (Å²) in [4.78, 5) is 28.8. The number of thiophene rings is 1. The molecule has 5 heteroatoms. The minimum Gasteiger partial charge on any atom is -0.330 e. The van der Waals surface area contributed by atoms with Gasteiger partial charge < -0.3 is 9.47 Å². The van der Waals surface area contributed by atoms with Crippen LogP contribution in [0.15, 0.2) is 22.3 Å². The molecule has 1 amide bonds. The van der Waals surface area contributed by atoms with E-state index in [9.17, 15) is 9.59 Å². The van der Waals surface area contributed by atoms with E-state index in [1.807, 2.05) is 24.8 Å². The van der Waals surface area contributed by atoms with Gasteiger partial charge in [-0.05, 0) is 62.3 Å². The monoisotopic (exact) mass is 330 g/mol. The van der Waals surface area contributed by atoms with Gasteiger partial charge in [0.15, 0.2) is 0 Å². The molecule has 1 fully saturated rings. The van der Waals surface area contributed by atoms with Gasteiger partial charge in [0.25, 0.3) is 11.5 Å². The predicted octanol–water partition coefficient (Wildman–Crippen LogP) is 3.18. The number of carbonyl (C=O) groups excluding carboxylic acids is 1. The zero-order chi connectivity index (χ0) is 16.7. The van der Waals surface area contributed by atoms with Crippen molar-refractivity contribution < 1.29 is 4.79 Å². The lowest BCUT2D eigenvalue weighted by molar-refractivity contribution is 0.0728. The number of hydrogen-bond donors (Lipinski definition) is 0. The summed E-state index contributed by atoms with van der Waals surface area (Å²) in [5.41, 5.74) is 2.97. The first kappa shape index (κ1) is 16.0. The Morgan fingerprint density at radius 1 is 1.30 bits per heavy atom. The molecule has 0 radical (unpaired) electrons. The molecule has 1 aliphatic carbocycles. The summed E-state index contributed by atoms with van der Waals surface area (Å²) in [5.74, 6) is -0.126. The quantitative estimate of drug-likeness (QED) is 0.864. The first-order valence-electron chi connectivity index (χ1n) is 7.91. The van der Waals surface area contributed by atoms with Gasteiger partial charge in [-0.15, -0.1) is 11.3 Å². The van der Waals surface area contributed by atoms with Crippen molar-refractivity contribution >= 4 is 17.2 Å². The Bertz CT molecular complexity index is 815. The second-order valence-corrected chi connectivity index (χ2v) is 7.40. The van der Waals surface area contributed by atoms with Gasteiger partial charge in [-0.3, -0.25) is 9.59 Å². The summed E-state index contributed by atoms with van der Waals surface area (Å²) in [6.45, 7) is 6.40. The van der Waals surface area contributed by atoms with E-state index in [1.54, 1.807) is 23.0 Å². The molecule has 0 aromatic carbocycles. The van der Waals surface area contributed by atoms with Gasteiger partial charge >= 0.3 is 0 Å². The van der Waals surface area contributed by atoms with E-state index in [1.165, 1.54) is 10.4 Å². The number of hydrogen-bond acceptors (Lipinski definition) is 3. The maximum atomic E-state index is 13.1. The van der Waals surface area contributed by atoms with Crippen molar-refractivity contribution in [3.63, 3.8) is 0 Å². The highest BCUT2D eigenvalue weighted by Gasteiger charge is 2.35. The van der Waals surface area contributed by atoms with Gasteiger partial charge in [-0.1, -0.05) is 0 Å². The Kier molecular flexibility index (Phi) is 4.15. The zero-order valence-electron chi connectivity index (χ0n) is 14.0. The van der Waals surface area contributed by atoms with Crippen molar-refractivity contribution in [2.75, 3.05) is 0 Å². The summed E-state index contributed by atoms with van der Waals surface area (Å²) >= 11 is 1.67. The van der Waals surface area contributed by atoms with Crippen molar-refractivity contribution in [3.8, 4) is 0 Å². The number of amides is 1. The van der Waals surface area contributed by atoms with Crippen LogP contribution in [0.5, 0.6) is 0 Å². The molecule has 2 aromatic heterocycles. The molecule has 2 heterocycles. The van der Waals surface area contributed by atoms with Crippen LogP contribution < -0.4 is 5.56 Å². The highest BCUT2D eigenvalue weighted by Crippen LogP contribution is 2.31. The molecule has 0 bridgehead atoms. The zero-order valence-corrected chi connectivity index (χ0v) is 14.9. The fraction of sp³-hybridized carbons (Fsp3) is 0.444. The average molecular weight is 330 g/mol. The third-order valence-electron chi connectivity index (χ3n) is 4.61. The normalized spacial score (nSPS) is 14.1. The second-order valence-electron chi connectivity index (χ2n) is 6.40. The number of carbonyl (C=O) groups is 1. The van der Waals surface area contributed by atoms with Gasteiger partial charge in [-0.2, -0.15) is 0 Å². The Morgan fingerprint density at radius 3 is 2.57 bits per heavy atom. The van der Waals surface area contributed by atoms with Crippen LogP contribution in [-0.2, 0) is 13.6 Å². The summed E-state index contributed by atoms with van der Waals surface area (Å²) in [5, 5.41) is 2.05. The van der Waals surface area contributed by atoms with Crippen LogP contribution in [0.4, 0.5) is 0 Å². The fourth-order valence-corrected chi connectivity index (χ4v) is 3.76. The molecule has 4 nitrogen and oxygen atoms in total. The molecule has 122 valence electrons. The van der Waals surface area contributed by atoms with Crippen LogP contribution in [0.25, 0.3) is 0 Å². The van der Waals surface area contributed by atoms with E-state index in [0.717, 1.165) is 24.1 Å². The Labute approximate surface area is 140 Å². The topological polar surface area (TPSA) is 42.3 Å². The molecule has 1 saturated carbocycles. The lowest BCUT2D eigenvalue weighted by Gasteiger charge is -2.23. The molecule has 3 rings (SSSR count). The Balaban J connectivity index is 1.98. The van der Waals surface area contributed by atoms with Crippen LogP contribution in [-0.4, -0.2) is 21.4 Å². The summed E-state index contributed by atoms with van der Waals surface area (Å²) in [6, 6.07) is 4.26. The van der Waals surface area contributed by atoms with E-state index in [2.05, 4.69) is 18.4 Å². The number of aromatic nitrogens is 1. The Morgan fingerprint density at radius 2 is 2.00 bits per heavy atom. The maximum absolute atomic E-state index is 13.1. The van der Waals surface area contributed by atoms with Crippen LogP contribution in [0, 0.1) is 20.8 Å². The van der Waals surface area contributed by atoms with E-state index < -0.39 is 0 Å². The lowest BCUT2D eigenvalue weighted by atomic mass is 10.1. The number of rotatable bonds is 4. The van der Waals surface area contributed by atoms with Crippen LogP contribution in [0.2, 0.25) is 0 Å². The molecular formula is C18H22N2O2S. The largest absolute Gasteiger partial charge is 0.330 e. The van der Waals surface area contributed by atoms with E-state index in [0.29, 0.717) is 12.1 Å². The molecular weight excluding hydrogens is 308 g/mol. The van der Waals surface area contributed by atoms with Crippen LogP contribution in [0.1, 0.15) is 44.9 Å². The molecule has 0 N–H and O–H groups in total. The first-order valence-corrected chi connectivity index (χ1v) is 8.79. The van der Waals surface area contributed by atoms with E-state index >= 15 is 0 Å². The number of nitrogens with zero attached hydrogens (tertiary/aromatic N) is 2. The minimum atomic E-state index is -0.193. The van der Waals surface area contributed by atoms with Crippen molar-refractivity contribution in [2.45, 2.75) is 46.2 Å². The van der Waals surface area contributed by atoms with Gasteiger partial charge in [0.2, 0.25) is 0 Å². The molecule has 2 aromatic rings. The highest BCUT2D eigenvalue weighted by molar-refractivity contribution is 7.10. The molecule has 0 unspecified atom stereocenters. The van der Waals surface area contributed by atoms with Crippen molar-refractivity contribution in [2.24, 2.45) is 7.05 Å².